The van der Waals surface area contributed by atoms with E-state index in [1.807, 2.05) is 13.8 Å². The molecule has 0 aliphatic rings. The van der Waals surface area contributed by atoms with Crippen molar-refractivity contribution in [3.8, 4) is 0 Å². The minimum absolute atomic E-state index is 0.0384. The first kappa shape index (κ1) is 10.6. The van der Waals surface area contributed by atoms with Crippen LogP contribution in [-0.2, 0) is 11.3 Å². The first-order valence-corrected chi connectivity index (χ1v) is 4.44. The van der Waals surface area contributed by atoms with E-state index in [-0.39, 0.29) is 18.5 Å². The van der Waals surface area contributed by atoms with E-state index in [9.17, 15) is 4.79 Å². The summed E-state index contributed by atoms with van der Waals surface area (Å²) >= 11 is 0. The van der Waals surface area contributed by atoms with Gasteiger partial charge >= 0.3 is 0 Å². The Balaban J connectivity index is 2.12. The normalized spacial score (nSPS) is 10.5. The lowest BCUT2D eigenvalue weighted by Crippen LogP contribution is -2.37. The number of hydrogen-bond donors (Lipinski definition) is 2. The predicted octanol–water partition coefficient (Wildman–Crippen LogP) is -0.316. The third-order valence-electron chi connectivity index (χ3n) is 1.43. The minimum Gasteiger partial charge on any atom is -0.353 e. The molecule has 0 atom stereocenters. The molecule has 0 aliphatic carbocycles. The first-order chi connectivity index (χ1) is 6.68. The van der Waals surface area contributed by atoms with Crippen LogP contribution < -0.4 is 10.6 Å². The second kappa shape index (κ2) is 5.33. The number of carbonyl (C=O) groups excluding carboxylic acids is 1. The van der Waals surface area contributed by atoms with Gasteiger partial charge in [-0.05, 0) is 13.8 Å². The second-order valence-corrected chi connectivity index (χ2v) is 3.17. The molecule has 0 saturated carbocycles. The summed E-state index contributed by atoms with van der Waals surface area (Å²) in [4.78, 5) is 14.9. The van der Waals surface area contributed by atoms with Gasteiger partial charge in [-0.1, -0.05) is 5.16 Å². The maximum atomic E-state index is 11.1. The SMILES string of the molecule is CC(C)NC(=O)CNCc1ncon1. The van der Waals surface area contributed by atoms with Gasteiger partial charge in [-0.3, -0.25) is 4.79 Å². The van der Waals surface area contributed by atoms with Crippen molar-refractivity contribution in [2.75, 3.05) is 6.54 Å². The van der Waals surface area contributed by atoms with E-state index >= 15 is 0 Å². The molecular formula is C8H14N4O2. The molecule has 0 radical (unpaired) electrons. The molecule has 0 unspecified atom stereocenters. The van der Waals surface area contributed by atoms with Crippen molar-refractivity contribution < 1.29 is 9.32 Å². The van der Waals surface area contributed by atoms with Crippen molar-refractivity contribution in [3.05, 3.63) is 12.2 Å². The second-order valence-electron chi connectivity index (χ2n) is 3.17. The fraction of sp³-hybridized carbons (Fsp3) is 0.625. The van der Waals surface area contributed by atoms with E-state index in [1.165, 1.54) is 6.39 Å². The van der Waals surface area contributed by atoms with Gasteiger partial charge in [0.05, 0.1) is 13.1 Å². The van der Waals surface area contributed by atoms with Crippen LogP contribution in [0, 0.1) is 0 Å². The lowest BCUT2D eigenvalue weighted by molar-refractivity contribution is -0.120. The van der Waals surface area contributed by atoms with E-state index < -0.39 is 0 Å². The maximum absolute atomic E-state index is 11.1. The zero-order valence-electron chi connectivity index (χ0n) is 8.28. The van der Waals surface area contributed by atoms with Crippen LogP contribution in [0.2, 0.25) is 0 Å². The summed E-state index contributed by atoms with van der Waals surface area (Å²) in [5.74, 6) is 0.505. The molecule has 78 valence electrons. The summed E-state index contributed by atoms with van der Waals surface area (Å²) in [6.07, 6.45) is 1.26. The zero-order chi connectivity index (χ0) is 10.4. The molecule has 1 aromatic rings. The fourth-order valence-corrected chi connectivity index (χ4v) is 0.931. The molecular weight excluding hydrogens is 184 g/mol. The molecule has 0 bridgehead atoms. The van der Waals surface area contributed by atoms with Crippen molar-refractivity contribution in [3.63, 3.8) is 0 Å². The fourth-order valence-electron chi connectivity index (χ4n) is 0.931. The highest BCUT2D eigenvalue weighted by Gasteiger charge is 2.03. The Morgan fingerprint density at radius 3 is 3.00 bits per heavy atom. The Morgan fingerprint density at radius 2 is 2.43 bits per heavy atom. The maximum Gasteiger partial charge on any atom is 0.234 e. The lowest BCUT2D eigenvalue weighted by Gasteiger charge is -2.07. The number of hydrogen-bond acceptors (Lipinski definition) is 5. The number of amides is 1. The van der Waals surface area contributed by atoms with Crippen LogP contribution in [0.25, 0.3) is 0 Å². The van der Waals surface area contributed by atoms with Gasteiger partial charge < -0.3 is 15.2 Å². The molecule has 1 rings (SSSR count). The lowest BCUT2D eigenvalue weighted by atomic mass is 10.4. The Bertz CT molecular complexity index is 271. The van der Waals surface area contributed by atoms with Gasteiger partial charge in [-0.15, -0.1) is 0 Å². The largest absolute Gasteiger partial charge is 0.353 e. The third-order valence-corrected chi connectivity index (χ3v) is 1.43. The molecule has 2 N–H and O–H groups in total. The average molecular weight is 198 g/mol. The number of rotatable bonds is 5. The molecule has 1 heterocycles. The third kappa shape index (κ3) is 3.99. The Kier molecular flexibility index (Phi) is 4.06. The Morgan fingerprint density at radius 1 is 1.64 bits per heavy atom. The van der Waals surface area contributed by atoms with Gasteiger partial charge in [0.15, 0.2) is 5.82 Å². The van der Waals surface area contributed by atoms with Crippen molar-refractivity contribution in [2.45, 2.75) is 26.4 Å². The van der Waals surface area contributed by atoms with E-state index in [0.29, 0.717) is 12.4 Å². The van der Waals surface area contributed by atoms with E-state index in [4.69, 9.17) is 0 Å². The highest BCUT2D eigenvalue weighted by molar-refractivity contribution is 5.78. The van der Waals surface area contributed by atoms with Gasteiger partial charge in [-0.25, -0.2) is 0 Å². The standard InChI is InChI=1S/C8H14N4O2/c1-6(2)11-8(13)4-9-3-7-10-5-14-12-7/h5-6,9H,3-4H2,1-2H3,(H,11,13). The first-order valence-electron chi connectivity index (χ1n) is 4.44. The molecule has 0 fully saturated rings. The molecule has 1 amide bonds. The Labute approximate surface area is 82.1 Å². The summed E-state index contributed by atoms with van der Waals surface area (Å²) in [5.41, 5.74) is 0. The van der Waals surface area contributed by atoms with Gasteiger partial charge in [-0.2, -0.15) is 4.98 Å². The Hall–Kier alpha value is -1.43. The summed E-state index contributed by atoms with van der Waals surface area (Å²) in [6, 6.07) is 0.162. The van der Waals surface area contributed by atoms with Crippen molar-refractivity contribution in [1.29, 1.82) is 0 Å². The smallest absolute Gasteiger partial charge is 0.234 e. The zero-order valence-corrected chi connectivity index (χ0v) is 8.28. The van der Waals surface area contributed by atoms with Gasteiger partial charge in [0.2, 0.25) is 12.3 Å². The number of nitrogens with one attached hydrogen (secondary N) is 2. The number of nitrogens with zero attached hydrogens (tertiary/aromatic N) is 2. The van der Waals surface area contributed by atoms with Gasteiger partial charge in [0, 0.05) is 6.04 Å². The van der Waals surface area contributed by atoms with Crippen LogP contribution in [0.15, 0.2) is 10.9 Å². The molecule has 6 heteroatoms. The number of aromatic nitrogens is 2. The van der Waals surface area contributed by atoms with Crippen molar-refractivity contribution in [2.24, 2.45) is 0 Å². The summed E-state index contributed by atoms with van der Waals surface area (Å²) in [5, 5.41) is 9.25. The highest BCUT2D eigenvalue weighted by Crippen LogP contribution is 1.85. The molecule has 0 aliphatic heterocycles. The quantitative estimate of drug-likeness (QED) is 0.678. The summed E-state index contributed by atoms with van der Waals surface area (Å²) in [7, 11) is 0. The van der Waals surface area contributed by atoms with Crippen LogP contribution in [0.5, 0.6) is 0 Å². The highest BCUT2D eigenvalue weighted by atomic mass is 16.5. The van der Waals surface area contributed by atoms with Crippen LogP contribution in [0.1, 0.15) is 19.7 Å². The van der Waals surface area contributed by atoms with Crippen LogP contribution in [0.4, 0.5) is 0 Å². The van der Waals surface area contributed by atoms with Crippen LogP contribution in [0.3, 0.4) is 0 Å². The monoisotopic (exact) mass is 198 g/mol. The summed E-state index contributed by atoms with van der Waals surface area (Å²) < 4.78 is 4.53. The minimum atomic E-state index is -0.0384. The summed E-state index contributed by atoms with van der Waals surface area (Å²) in [6.45, 7) is 4.52. The van der Waals surface area contributed by atoms with Gasteiger partial charge in [0.25, 0.3) is 0 Å². The van der Waals surface area contributed by atoms with E-state index in [1.54, 1.807) is 0 Å². The van der Waals surface area contributed by atoms with Crippen molar-refractivity contribution >= 4 is 5.91 Å². The van der Waals surface area contributed by atoms with Gasteiger partial charge in [0.1, 0.15) is 0 Å². The molecule has 14 heavy (non-hydrogen) atoms. The van der Waals surface area contributed by atoms with E-state index in [0.717, 1.165) is 0 Å². The molecule has 6 nitrogen and oxygen atoms in total. The molecule has 0 spiro atoms. The van der Waals surface area contributed by atoms with Crippen molar-refractivity contribution in [1.82, 2.24) is 20.8 Å². The van der Waals surface area contributed by atoms with Crippen LogP contribution in [-0.4, -0.2) is 28.6 Å². The van der Waals surface area contributed by atoms with Crippen LogP contribution >= 0.6 is 0 Å². The molecule has 1 aromatic heterocycles. The topological polar surface area (TPSA) is 80.0 Å². The molecule has 0 aromatic carbocycles. The average Bonchev–Trinajstić information content (AvgIpc) is 2.55. The molecule has 0 saturated heterocycles. The van der Waals surface area contributed by atoms with E-state index in [2.05, 4.69) is 25.3 Å². The predicted molar refractivity (Wildman–Crippen MR) is 49.3 cm³/mol. The number of carbonyl (C=O) groups is 1.